The predicted molar refractivity (Wildman–Crippen MR) is 73.0 cm³/mol. The fourth-order valence-electron chi connectivity index (χ4n) is 2.22. The number of aromatic nitrogens is 2. The van der Waals surface area contributed by atoms with Gasteiger partial charge in [-0.05, 0) is 18.4 Å². The molecule has 1 aliphatic rings. The molecule has 1 aromatic carbocycles. The molecule has 0 bridgehead atoms. The number of hydrogen-bond donors (Lipinski definition) is 1. The van der Waals surface area contributed by atoms with Crippen molar-refractivity contribution in [2.45, 2.75) is 38.1 Å². The summed E-state index contributed by atoms with van der Waals surface area (Å²) >= 11 is 0. The lowest BCUT2D eigenvalue weighted by atomic mass is 10.0. The van der Waals surface area contributed by atoms with Crippen molar-refractivity contribution in [3.05, 3.63) is 47.6 Å². The second kappa shape index (κ2) is 5.45. The van der Waals surface area contributed by atoms with E-state index >= 15 is 0 Å². The zero-order chi connectivity index (χ0) is 13.9. The summed E-state index contributed by atoms with van der Waals surface area (Å²) in [6.45, 7) is 1.51. The quantitative estimate of drug-likeness (QED) is 0.906. The Morgan fingerprint density at radius 1 is 1.40 bits per heavy atom. The molecule has 1 fully saturated rings. The van der Waals surface area contributed by atoms with Crippen LogP contribution in [0.2, 0.25) is 0 Å². The summed E-state index contributed by atoms with van der Waals surface area (Å²) in [7, 11) is 0. The number of benzene rings is 1. The SMILES string of the molecule is CC(=O)N[C@H](Cc1nc(C2CC2)no1)c1ccccc1. The average Bonchev–Trinajstić information content (AvgIpc) is 3.19. The van der Waals surface area contributed by atoms with Gasteiger partial charge in [0.2, 0.25) is 11.8 Å². The van der Waals surface area contributed by atoms with Gasteiger partial charge >= 0.3 is 0 Å². The molecule has 20 heavy (non-hydrogen) atoms. The smallest absolute Gasteiger partial charge is 0.229 e. The van der Waals surface area contributed by atoms with E-state index in [-0.39, 0.29) is 11.9 Å². The van der Waals surface area contributed by atoms with Gasteiger partial charge in [0.1, 0.15) is 0 Å². The molecule has 1 amide bonds. The largest absolute Gasteiger partial charge is 0.349 e. The molecule has 1 heterocycles. The molecular formula is C15H17N3O2. The zero-order valence-electron chi connectivity index (χ0n) is 11.4. The minimum atomic E-state index is -0.138. The third-order valence-corrected chi connectivity index (χ3v) is 3.38. The Bertz CT molecular complexity index is 590. The van der Waals surface area contributed by atoms with E-state index in [2.05, 4.69) is 15.5 Å². The minimum absolute atomic E-state index is 0.0687. The van der Waals surface area contributed by atoms with E-state index < -0.39 is 0 Å². The predicted octanol–water partition coefficient (Wildman–Crippen LogP) is 2.37. The lowest BCUT2D eigenvalue weighted by Gasteiger charge is -2.16. The molecule has 0 unspecified atom stereocenters. The highest BCUT2D eigenvalue weighted by Gasteiger charge is 2.29. The summed E-state index contributed by atoms with van der Waals surface area (Å²) in [4.78, 5) is 15.8. The van der Waals surface area contributed by atoms with Gasteiger partial charge in [-0.15, -0.1) is 0 Å². The molecule has 1 atom stereocenters. The van der Waals surface area contributed by atoms with Crippen LogP contribution in [-0.4, -0.2) is 16.0 Å². The maximum atomic E-state index is 11.4. The number of nitrogens with zero attached hydrogens (tertiary/aromatic N) is 2. The Labute approximate surface area is 117 Å². The molecule has 0 saturated heterocycles. The van der Waals surface area contributed by atoms with Crippen molar-refractivity contribution >= 4 is 5.91 Å². The van der Waals surface area contributed by atoms with E-state index in [9.17, 15) is 4.79 Å². The van der Waals surface area contributed by atoms with Crippen molar-refractivity contribution in [3.63, 3.8) is 0 Å². The first-order chi connectivity index (χ1) is 9.72. The molecule has 1 N–H and O–H groups in total. The molecule has 5 nitrogen and oxygen atoms in total. The molecule has 2 aromatic rings. The zero-order valence-corrected chi connectivity index (χ0v) is 11.4. The van der Waals surface area contributed by atoms with Gasteiger partial charge in [-0.3, -0.25) is 4.79 Å². The first kappa shape index (κ1) is 12.8. The summed E-state index contributed by atoms with van der Waals surface area (Å²) < 4.78 is 5.29. The number of amides is 1. The number of hydrogen-bond acceptors (Lipinski definition) is 4. The van der Waals surface area contributed by atoms with Crippen LogP contribution in [-0.2, 0) is 11.2 Å². The monoisotopic (exact) mass is 271 g/mol. The molecule has 0 spiro atoms. The molecule has 1 aromatic heterocycles. The van der Waals surface area contributed by atoms with E-state index in [1.807, 2.05) is 30.3 Å². The topological polar surface area (TPSA) is 68.0 Å². The molecule has 0 radical (unpaired) electrons. The van der Waals surface area contributed by atoms with E-state index in [1.165, 1.54) is 6.92 Å². The Hall–Kier alpha value is -2.17. The van der Waals surface area contributed by atoms with Gasteiger partial charge in [0.15, 0.2) is 5.82 Å². The molecule has 0 aliphatic heterocycles. The van der Waals surface area contributed by atoms with Gasteiger partial charge < -0.3 is 9.84 Å². The van der Waals surface area contributed by atoms with Crippen LogP contribution in [0.4, 0.5) is 0 Å². The second-order valence-electron chi connectivity index (χ2n) is 5.19. The highest BCUT2D eigenvalue weighted by Crippen LogP contribution is 2.38. The molecule has 1 saturated carbocycles. The maximum absolute atomic E-state index is 11.4. The van der Waals surface area contributed by atoms with Crippen molar-refractivity contribution < 1.29 is 9.32 Å². The third-order valence-electron chi connectivity index (χ3n) is 3.38. The van der Waals surface area contributed by atoms with Gasteiger partial charge in [0.05, 0.1) is 12.5 Å². The average molecular weight is 271 g/mol. The Balaban J connectivity index is 1.76. The minimum Gasteiger partial charge on any atom is -0.349 e. The van der Waals surface area contributed by atoms with Crippen LogP contribution < -0.4 is 5.32 Å². The van der Waals surface area contributed by atoms with Gasteiger partial charge in [-0.25, -0.2) is 0 Å². The highest BCUT2D eigenvalue weighted by atomic mass is 16.5. The van der Waals surface area contributed by atoms with Crippen LogP contribution in [0.5, 0.6) is 0 Å². The Morgan fingerprint density at radius 3 is 2.80 bits per heavy atom. The van der Waals surface area contributed by atoms with E-state index in [4.69, 9.17) is 4.52 Å². The molecule has 5 heteroatoms. The maximum Gasteiger partial charge on any atom is 0.229 e. The molecule has 3 rings (SSSR count). The highest BCUT2D eigenvalue weighted by molar-refractivity contribution is 5.73. The van der Waals surface area contributed by atoms with Crippen LogP contribution in [0.3, 0.4) is 0 Å². The third kappa shape index (κ3) is 3.04. The van der Waals surface area contributed by atoms with Gasteiger partial charge in [-0.1, -0.05) is 35.5 Å². The number of carbonyl (C=O) groups is 1. The van der Waals surface area contributed by atoms with Crippen LogP contribution in [0.15, 0.2) is 34.9 Å². The Kier molecular flexibility index (Phi) is 3.50. The van der Waals surface area contributed by atoms with Gasteiger partial charge in [0.25, 0.3) is 0 Å². The van der Waals surface area contributed by atoms with Gasteiger partial charge in [0, 0.05) is 12.8 Å². The summed E-state index contributed by atoms with van der Waals surface area (Å²) in [6.07, 6.45) is 2.81. The lowest BCUT2D eigenvalue weighted by molar-refractivity contribution is -0.119. The lowest BCUT2D eigenvalue weighted by Crippen LogP contribution is -2.27. The van der Waals surface area contributed by atoms with Crippen molar-refractivity contribution in [1.82, 2.24) is 15.5 Å². The van der Waals surface area contributed by atoms with Crippen LogP contribution in [0.1, 0.15) is 49.0 Å². The summed E-state index contributed by atoms with van der Waals surface area (Å²) in [5.74, 6) is 1.79. The summed E-state index contributed by atoms with van der Waals surface area (Å²) in [6, 6.07) is 9.69. The van der Waals surface area contributed by atoms with Crippen molar-refractivity contribution in [3.8, 4) is 0 Å². The number of nitrogens with one attached hydrogen (secondary N) is 1. The molecule has 1 aliphatic carbocycles. The van der Waals surface area contributed by atoms with E-state index in [0.717, 1.165) is 24.2 Å². The first-order valence-corrected chi connectivity index (χ1v) is 6.87. The van der Waals surface area contributed by atoms with E-state index in [0.29, 0.717) is 18.2 Å². The summed E-state index contributed by atoms with van der Waals surface area (Å²) in [5.41, 5.74) is 1.04. The Morgan fingerprint density at radius 2 is 2.15 bits per heavy atom. The van der Waals surface area contributed by atoms with E-state index in [1.54, 1.807) is 0 Å². The first-order valence-electron chi connectivity index (χ1n) is 6.87. The van der Waals surface area contributed by atoms with Gasteiger partial charge in [-0.2, -0.15) is 4.98 Å². The standard InChI is InChI=1S/C15H17N3O2/c1-10(19)16-13(11-5-3-2-4-6-11)9-14-17-15(18-20-14)12-7-8-12/h2-6,12-13H,7-9H2,1H3,(H,16,19)/t13-/m1/s1. The normalized spacial score (nSPS) is 15.8. The molecule has 104 valence electrons. The summed E-state index contributed by atoms with van der Waals surface area (Å²) in [5, 5.41) is 6.94. The van der Waals surface area contributed by atoms with Crippen LogP contribution >= 0.6 is 0 Å². The van der Waals surface area contributed by atoms with Crippen molar-refractivity contribution in [1.29, 1.82) is 0 Å². The van der Waals surface area contributed by atoms with Crippen LogP contribution in [0, 0.1) is 0 Å². The number of rotatable bonds is 5. The van der Waals surface area contributed by atoms with Crippen molar-refractivity contribution in [2.75, 3.05) is 0 Å². The molecular weight excluding hydrogens is 254 g/mol. The fourth-order valence-corrected chi connectivity index (χ4v) is 2.22. The van der Waals surface area contributed by atoms with Crippen LogP contribution in [0.25, 0.3) is 0 Å². The number of carbonyl (C=O) groups excluding carboxylic acids is 1. The second-order valence-corrected chi connectivity index (χ2v) is 5.19. The van der Waals surface area contributed by atoms with Crippen molar-refractivity contribution in [2.24, 2.45) is 0 Å². The fraction of sp³-hybridized carbons (Fsp3) is 0.400.